The second-order valence-electron chi connectivity index (χ2n) is 2.45. The summed E-state index contributed by atoms with van der Waals surface area (Å²) in [4.78, 5) is 0. The molecule has 0 bridgehead atoms. The maximum atomic E-state index is 9.06. The molecule has 0 aromatic rings. The summed E-state index contributed by atoms with van der Waals surface area (Å²) < 4.78 is 0. The van der Waals surface area contributed by atoms with E-state index in [-0.39, 0.29) is 0 Å². The van der Waals surface area contributed by atoms with E-state index in [2.05, 4.69) is 6.58 Å². The minimum atomic E-state index is -0.482. The Balaban J connectivity index is 4.50. The van der Waals surface area contributed by atoms with Gasteiger partial charge in [0.05, 0.1) is 6.10 Å². The molecule has 0 aliphatic rings. The lowest BCUT2D eigenvalue weighted by atomic mass is 10.1. The highest BCUT2D eigenvalue weighted by Crippen LogP contribution is 2.19. The van der Waals surface area contributed by atoms with E-state index >= 15 is 0 Å². The van der Waals surface area contributed by atoms with Crippen molar-refractivity contribution in [3.8, 4) is 0 Å². The second-order valence-corrected chi connectivity index (χ2v) is 2.83. The zero-order valence-electron chi connectivity index (χ0n) is 6.61. The molecule has 0 heterocycles. The molecule has 1 atom stereocenters. The van der Waals surface area contributed by atoms with E-state index in [0.29, 0.717) is 5.03 Å². The number of allylic oxidation sites excluding steroid dienone is 2. The first-order chi connectivity index (χ1) is 4.46. The van der Waals surface area contributed by atoms with Crippen molar-refractivity contribution in [1.29, 1.82) is 0 Å². The fraction of sp³-hybridized carbons (Fsp3) is 0.500. The van der Waals surface area contributed by atoms with Gasteiger partial charge < -0.3 is 5.11 Å². The molecule has 1 nitrogen and oxygen atoms in total. The molecular weight excluding hydrogens is 148 g/mol. The Labute approximate surface area is 67.0 Å². The Morgan fingerprint density at radius 2 is 1.90 bits per heavy atom. The summed E-state index contributed by atoms with van der Waals surface area (Å²) in [6, 6.07) is 0. The van der Waals surface area contributed by atoms with Crippen molar-refractivity contribution in [2.45, 2.75) is 26.9 Å². The van der Waals surface area contributed by atoms with Crippen LogP contribution < -0.4 is 0 Å². The highest BCUT2D eigenvalue weighted by Gasteiger charge is 2.04. The third-order valence-electron chi connectivity index (χ3n) is 1.35. The van der Waals surface area contributed by atoms with Gasteiger partial charge in [0.15, 0.2) is 0 Å². The van der Waals surface area contributed by atoms with Crippen LogP contribution in [0, 0.1) is 0 Å². The van der Waals surface area contributed by atoms with Gasteiger partial charge in [-0.05, 0) is 31.9 Å². The van der Waals surface area contributed by atoms with E-state index in [4.69, 9.17) is 16.7 Å². The summed E-state index contributed by atoms with van der Waals surface area (Å²) >= 11 is 5.78. The van der Waals surface area contributed by atoms with Crippen molar-refractivity contribution in [2.75, 3.05) is 0 Å². The summed E-state index contributed by atoms with van der Waals surface area (Å²) in [6.07, 6.45) is -0.482. The van der Waals surface area contributed by atoms with Crippen molar-refractivity contribution < 1.29 is 5.11 Å². The van der Waals surface area contributed by atoms with E-state index in [1.54, 1.807) is 13.8 Å². The Hall–Kier alpha value is -0.270. The van der Waals surface area contributed by atoms with Crippen molar-refractivity contribution in [3.63, 3.8) is 0 Å². The molecule has 1 unspecified atom stereocenters. The first kappa shape index (κ1) is 9.73. The van der Waals surface area contributed by atoms with Gasteiger partial charge in [-0.3, -0.25) is 0 Å². The molecule has 0 fully saturated rings. The first-order valence-corrected chi connectivity index (χ1v) is 3.54. The first-order valence-electron chi connectivity index (χ1n) is 3.17. The van der Waals surface area contributed by atoms with E-state index in [1.165, 1.54) is 0 Å². The van der Waals surface area contributed by atoms with Crippen LogP contribution in [0.3, 0.4) is 0 Å². The van der Waals surface area contributed by atoms with Gasteiger partial charge in [0.25, 0.3) is 0 Å². The summed E-state index contributed by atoms with van der Waals surface area (Å²) in [5.41, 5.74) is 1.56. The fourth-order valence-electron chi connectivity index (χ4n) is 0.520. The maximum Gasteiger partial charge on any atom is 0.0736 e. The quantitative estimate of drug-likeness (QED) is 0.616. The molecule has 0 radical (unpaired) electrons. The summed E-state index contributed by atoms with van der Waals surface area (Å²) in [5, 5.41) is 9.64. The minimum absolute atomic E-state index is 0.482. The zero-order chi connectivity index (χ0) is 8.31. The third kappa shape index (κ3) is 2.54. The van der Waals surface area contributed by atoms with Crippen LogP contribution in [0.5, 0.6) is 0 Å². The van der Waals surface area contributed by atoms with Crippen LogP contribution in [0.25, 0.3) is 0 Å². The molecule has 0 spiro atoms. The predicted octanol–water partition coefficient (Wildman–Crippen LogP) is 2.46. The van der Waals surface area contributed by atoms with Crippen LogP contribution in [-0.2, 0) is 0 Å². The van der Waals surface area contributed by atoms with Gasteiger partial charge in [-0.15, -0.1) is 0 Å². The second kappa shape index (κ2) is 3.79. The predicted molar refractivity (Wildman–Crippen MR) is 45.0 cm³/mol. The Morgan fingerprint density at radius 3 is 2.00 bits per heavy atom. The smallest absolute Gasteiger partial charge is 0.0736 e. The highest BCUT2D eigenvalue weighted by molar-refractivity contribution is 6.32. The lowest BCUT2D eigenvalue weighted by Crippen LogP contribution is -2.02. The molecular formula is C8H13ClO. The number of aliphatic hydroxyl groups excluding tert-OH is 1. The number of hydrogen-bond acceptors (Lipinski definition) is 1. The van der Waals surface area contributed by atoms with Gasteiger partial charge >= 0.3 is 0 Å². The average Bonchev–Trinajstić information content (AvgIpc) is 1.84. The normalized spacial score (nSPS) is 16.1. The molecule has 58 valence electrons. The number of rotatable bonds is 2. The molecule has 1 N–H and O–H groups in total. The van der Waals surface area contributed by atoms with Gasteiger partial charge in [-0.25, -0.2) is 0 Å². The molecule has 0 saturated carbocycles. The standard InChI is InChI=1S/C8H13ClO/c1-5(2)8(9)6(3)7(4)10/h7,10H,1H2,2-4H3/b8-6+. The van der Waals surface area contributed by atoms with Crippen LogP contribution in [-0.4, -0.2) is 11.2 Å². The van der Waals surface area contributed by atoms with Crippen LogP contribution in [0.1, 0.15) is 20.8 Å². The van der Waals surface area contributed by atoms with Gasteiger partial charge in [-0.1, -0.05) is 18.2 Å². The number of halogens is 1. The van der Waals surface area contributed by atoms with Crippen LogP contribution in [0.4, 0.5) is 0 Å². The Morgan fingerprint density at radius 1 is 1.50 bits per heavy atom. The van der Waals surface area contributed by atoms with Gasteiger partial charge in [0.1, 0.15) is 0 Å². The SMILES string of the molecule is C=C(C)/C(Cl)=C(/C)C(C)O. The fourth-order valence-corrected chi connectivity index (χ4v) is 0.678. The van der Waals surface area contributed by atoms with Gasteiger partial charge in [-0.2, -0.15) is 0 Å². The van der Waals surface area contributed by atoms with Crippen molar-refractivity contribution in [1.82, 2.24) is 0 Å². The van der Waals surface area contributed by atoms with E-state index in [1.807, 2.05) is 6.92 Å². The maximum absolute atomic E-state index is 9.06. The molecule has 10 heavy (non-hydrogen) atoms. The van der Waals surface area contributed by atoms with Crippen LogP contribution in [0.15, 0.2) is 22.8 Å². The highest BCUT2D eigenvalue weighted by atomic mass is 35.5. The third-order valence-corrected chi connectivity index (χ3v) is 1.97. The van der Waals surface area contributed by atoms with Crippen LogP contribution in [0.2, 0.25) is 0 Å². The Kier molecular flexibility index (Phi) is 3.69. The summed E-state index contributed by atoms with van der Waals surface area (Å²) in [7, 11) is 0. The van der Waals surface area contributed by atoms with Gasteiger partial charge in [0, 0.05) is 5.03 Å². The lowest BCUT2D eigenvalue weighted by molar-refractivity contribution is 0.231. The number of aliphatic hydroxyl groups is 1. The Bertz CT molecular complexity index is 168. The van der Waals surface area contributed by atoms with E-state index in [0.717, 1.165) is 11.1 Å². The molecule has 0 saturated heterocycles. The zero-order valence-corrected chi connectivity index (χ0v) is 7.37. The lowest BCUT2D eigenvalue weighted by Gasteiger charge is -2.07. The number of hydrogen-bond donors (Lipinski definition) is 1. The summed E-state index contributed by atoms with van der Waals surface area (Å²) in [6.45, 7) is 8.95. The van der Waals surface area contributed by atoms with Crippen molar-refractivity contribution in [2.24, 2.45) is 0 Å². The molecule has 0 amide bonds. The van der Waals surface area contributed by atoms with E-state index in [9.17, 15) is 0 Å². The molecule has 0 aliphatic heterocycles. The summed E-state index contributed by atoms with van der Waals surface area (Å²) in [5.74, 6) is 0. The van der Waals surface area contributed by atoms with Crippen LogP contribution >= 0.6 is 11.6 Å². The molecule has 0 rings (SSSR count). The monoisotopic (exact) mass is 160 g/mol. The van der Waals surface area contributed by atoms with Gasteiger partial charge in [0.2, 0.25) is 0 Å². The largest absolute Gasteiger partial charge is 0.389 e. The minimum Gasteiger partial charge on any atom is -0.389 e. The molecule has 2 heteroatoms. The van der Waals surface area contributed by atoms with Crippen molar-refractivity contribution >= 4 is 11.6 Å². The average molecular weight is 161 g/mol. The molecule has 0 aromatic heterocycles. The molecule has 0 aliphatic carbocycles. The van der Waals surface area contributed by atoms with Crippen molar-refractivity contribution in [3.05, 3.63) is 22.8 Å². The molecule has 0 aromatic carbocycles. The topological polar surface area (TPSA) is 20.2 Å². The van der Waals surface area contributed by atoms with E-state index < -0.39 is 6.10 Å².